The molecule has 6 nitrogen and oxygen atoms in total. The summed E-state index contributed by atoms with van der Waals surface area (Å²) in [5.74, 6) is 0.686. The second kappa shape index (κ2) is 9.19. The third kappa shape index (κ3) is 5.54. The molecule has 2 aromatic carbocycles. The molecule has 0 spiro atoms. The van der Waals surface area contributed by atoms with Gasteiger partial charge in [0.05, 0.1) is 12.8 Å². The van der Waals surface area contributed by atoms with Crippen LogP contribution in [0.1, 0.15) is 24.0 Å². The lowest BCUT2D eigenvalue weighted by Gasteiger charge is -2.09. The van der Waals surface area contributed by atoms with Crippen LogP contribution in [0.3, 0.4) is 0 Å². The van der Waals surface area contributed by atoms with E-state index in [2.05, 4.69) is 16.5 Å². The number of aromatic nitrogens is 2. The number of amides is 1. The van der Waals surface area contributed by atoms with E-state index < -0.39 is 0 Å². The van der Waals surface area contributed by atoms with E-state index in [4.69, 9.17) is 4.74 Å². The number of carbonyl (C=O) groups excluding carboxylic acids is 1. The molecule has 0 unspecified atom stereocenters. The summed E-state index contributed by atoms with van der Waals surface area (Å²) < 4.78 is 6.57. The molecule has 6 heteroatoms. The minimum Gasteiger partial charge on any atom is -0.497 e. The van der Waals surface area contributed by atoms with Gasteiger partial charge in [-0.3, -0.25) is 9.59 Å². The van der Waals surface area contributed by atoms with Crippen LogP contribution in [0.2, 0.25) is 0 Å². The normalized spacial score (nSPS) is 10.6. The molecule has 0 saturated carbocycles. The van der Waals surface area contributed by atoms with Crippen LogP contribution in [0.25, 0.3) is 11.3 Å². The number of nitrogens with zero attached hydrogens (tertiary/aromatic N) is 2. The Morgan fingerprint density at radius 1 is 1.03 bits per heavy atom. The number of methoxy groups -OCH3 is 1. The number of nitrogens with one attached hydrogen (secondary N) is 1. The highest BCUT2D eigenvalue weighted by Gasteiger charge is 2.07. The highest BCUT2D eigenvalue weighted by atomic mass is 16.5. The summed E-state index contributed by atoms with van der Waals surface area (Å²) >= 11 is 0. The van der Waals surface area contributed by atoms with Gasteiger partial charge < -0.3 is 10.1 Å². The van der Waals surface area contributed by atoms with Crippen molar-refractivity contribution < 1.29 is 9.53 Å². The van der Waals surface area contributed by atoms with E-state index in [0.29, 0.717) is 25.1 Å². The van der Waals surface area contributed by atoms with Gasteiger partial charge in [-0.25, -0.2) is 4.68 Å². The van der Waals surface area contributed by atoms with E-state index in [9.17, 15) is 9.59 Å². The number of hydrogen-bond acceptors (Lipinski definition) is 4. The van der Waals surface area contributed by atoms with Gasteiger partial charge in [0, 0.05) is 30.3 Å². The molecule has 0 radical (unpaired) electrons. The maximum atomic E-state index is 12.2. The van der Waals surface area contributed by atoms with Crippen LogP contribution >= 0.6 is 0 Å². The number of hydrogen-bond donors (Lipinski definition) is 1. The molecule has 0 saturated heterocycles. The molecule has 0 fully saturated rings. The standard InChI is InChI=1S/C23H25N3O3/c1-16-13-17(2)15-19(14-16)24-22(27)5-4-12-26-23(28)11-10-21(25-26)18-6-8-20(29-3)9-7-18/h6-11,13-15H,4-5,12H2,1-3H3,(H,24,27). The highest BCUT2D eigenvalue weighted by molar-refractivity contribution is 5.90. The van der Waals surface area contributed by atoms with E-state index in [1.807, 2.05) is 50.2 Å². The van der Waals surface area contributed by atoms with Gasteiger partial charge in [0.25, 0.3) is 5.56 Å². The number of ether oxygens (including phenoxy) is 1. The van der Waals surface area contributed by atoms with E-state index in [0.717, 1.165) is 28.1 Å². The first-order valence-electron chi connectivity index (χ1n) is 9.55. The molecule has 1 aromatic heterocycles. The van der Waals surface area contributed by atoms with Crippen LogP contribution in [0.4, 0.5) is 5.69 Å². The second-order valence-electron chi connectivity index (χ2n) is 7.04. The zero-order valence-electron chi connectivity index (χ0n) is 16.9. The molecule has 3 aromatic rings. The van der Waals surface area contributed by atoms with Gasteiger partial charge in [-0.05, 0) is 73.9 Å². The summed E-state index contributed by atoms with van der Waals surface area (Å²) in [5.41, 5.74) is 4.41. The molecule has 0 bridgehead atoms. The number of aryl methyl sites for hydroxylation is 3. The van der Waals surface area contributed by atoms with Crippen LogP contribution in [-0.2, 0) is 11.3 Å². The lowest BCUT2D eigenvalue weighted by Crippen LogP contribution is -2.23. The molecule has 0 atom stereocenters. The number of carbonyl (C=O) groups is 1. The smallest absolute Gasteiger partial charge is 0.266 e. The Morgan fingerprint density at radius 2 is 1.72 bits per heavy atom. The van der Waals surface area contributed by atoms with Crippen molar-refractivity contribution in [3.8, 4) is 17.0 Å². The maximum absolute atomic E-state index is 12.2. The maximum Gasteiger partial charge on any atom is 0.266 e. The molecule has 3 rings (SSSR count). The first kappa shape index (κ1) is 20.3. The fraction of sp³-hybridized carbons (Fsp3) is 0.261. The van der Waals surface area contributed by atoms with E-state index in [1.165, 1.54) is 10.7 Å². The molecule has 0 aliphatic heterocycles. The average molecular weight is 391 g/mol. The lowest BCUT2D eigenvalue weighted by atomic mass is 10.1. The van der Waals surface area contributed by atoms with Crippen molar-refractivity contribution in [2.75, 3.05) is 12.4 Å². The molecule has 1 heterocycles. The van der Waals surface area contributed by atoms with Gasteiger partial charge in [-0.15, -0.1) is 0 Å². The fourth-order valence-electron chi connectivity index (χ4n) is 3.18. The van der Waals surface area contributed by atoms with Crippen molar-refractivity contribution in [3.63, 3.8) is 0 Å². The number of benzene rings is 2. The third-order valence-corrected chi connectivity index (χ3v) is 4.53. The Labute approximate surface area is 170 Å². The largest absolute Gasteiger partial charge is 0.497 e. The molecule has 29 heavy (non-hydrogen) atoms. The first-order valence-corrected chi connectivity index (χ1v) is 9.55. The van der Waals surface area contributed by atoms with Crippen LogP contribution in [0, 0.1) is 13.8 Å². The van der Waals surface area contributed by atoms with Crippen LogP contribution in [0.5, 0.6) is 5.75 Å². The molecule has 1 amide bonds. The second-order valence-corrected chi connectivity index (χ2v) is 7.04. The zero-order valence-corrected chi connectivity index (χ0v) is 16.9. The Kier molecular flexibility index (Phi) is 6.44. The fourth-order valence-corrected chi connectivity index (χ4v) is 3.18. The van der Waals surface area contributed by atoms with Crippen molar-refractivity contribution in [2.45, 2.75) is 33.2 Å². The van der Waals surface area contributed by atoms with Crippen LogP contribution in [0.15, 0.2) is 59.4 Å². The van der Waals surface area contributed by atoms with Gasteiger partial charge in [0.15, 0.2) is 0 Å². The van der Waals surface area contributed by atoms with E-state index >= 15 is 0 Å². The SMILES string of the molecule is COc1ccc(-c2ccc(=O)n(CCCC(=O)Nc3cc(C)cc(C)c3)n2)cc1. The van der Waals surface area contributed by atoms with Crippen LogP contribution in [-0.4, -0.2) is 22.8 Å². The minimum atomic E-state index is -0.183. The summed E-state index contributed by atoms with van der Waals surface area (Å²) in [6, 6.07) is 16.6. The average Bonchev–Trinajstić information content (AvgIpc) is 2.68. The van der Waals surface area contributed by atoms with Gasteiger partial charge in [0.2, 0.25) is 5.91 Å². The number of anilines is 1. The van der Waals surface area contributed by atoms with Gasteiger partial charge in [-0.1, -0.05) is 6.07 Å². The monoisotopic (exact) mass is 391 g/mol. The van der Waals surface area contributed by atoms with Crippen molar-refractivity contribution in [2.24, 2.45) is 0 Å². The predicted molar refractivity (Wildman–Crippen MR) is 114 cm³/mol. The lowest BCUT2D eigenvalue weighted by molar-refractivity contribution is -0.116. The number of rotatable bonds is 7. The third-order valence-electron chi connectivity index (χ3n) is 4.53. The quantitative estimate of drug-likeness (QED) is 0.662. The Hall–Kier alpha value is -3.41. The van der Waals surface area contributed by atoms with Crippen molar-refractivity contribution in [1.29, 1.82) is 0 Å². The van der Waals surface area contributed by atoms with Gasteiger partial charge in [0.1, 0.15) is 5.75 Å². The van der Waals surface area contributed by atoms with Gasteiger partial charge in [-0.2, -0.15) is 5.10 Å². The van der Waals surface area contributed by atoms with E-state index in [1.54, 1.807) is 13.2 Å². The Balaban J connectivity index is 1.61. The summed E-state index contributed by atoms with van der Waals surface area (Å²) in [7, 11) is 1.61. The molecule has 1 N–H and O–H groups in total. The summed E-state index contributed by atoms with van der Waals surface area (Å²) in [6.45, 7) is 4.37. The topological polar surface area (TPSA) is 73.2 Å². The van der Waals surface area contributed by atoms with Crippen molar-refractivity contribution in [3.05, 3.63) is 76.1 Å². The predicted octanol–water partition coefficient (Wildman–Crippen LogP) is 3.95. The molecular formula is C23H25N3O3. The molecular weight excluding hydrogens is 366 g/mol. The van der Waals surface area contributed by atoms with Crippen molar-refractivity contribution in [1.82, 2.24) is 9.78 Å². The van der Waals surface area contributed by atoms with E-state index in [-0.39, 0.29) is 11.5 Å². The zero-order chi connectivity index (χ0) is 20.8. The minimum absolute atomic E-state index is 0.0747. The molecule has 0 aliphatic carbocycles. The highest BCUT2D eigenvalue weighted by Crippen LogP contribution is 2.19. The summed E-state index contributed by atoms with van der Waals surface area (Å²) in [4.78, 5) is 24.4. The van der Waals surface area contributed by atoms with Crippen LogP contribution < -0.4 is 15.6 Å². The van der Waals surface area contributed by atoms with Crippen molar-refractivity contribution >= 4 is 11.6 Å². The van der Waals surface area contributed by atoms with Gasteiger partial charge >= 0.3 is 0 Å². The summed E-state index contributed by atoms with van der Waals surface area (Å²) in [5, 5.41) is 7.35. The molecule has 150 valence electrons. The molecule has 0 aliphatic rings. The Bertz CT molecular complexity index is 1040. The first-order chi connectivity index (χ1) is 13.9. The Morgan fingerprint density at radius 3 is 2.38 bits per heavy atom. The summed E-state index contributed by atoms with van der Waals surface area (Å²) in [6.07, 6.45) is 0.837.